The van der Waals surface area contributed by atoms with Crippen LogP contribution in [0.3, 0.4) is 0 Å². The van der Waals surface area contributed by atoms with Crippen LogP contribution in [0.15, 0.2) is 36.4 Å². The summed E-state index contributed by atoms with van der Waals surface area (Å²) in [7, 11) is 0. The molecule has 0 bridgehead atoms. The number of hydrogen-bond donors (Lipinski definition) is 2. The average Bonchev–Trinajstić information content (AvgIpc) is 2.63. The molecule has 32 heavy (non-hydrogen) atoms. The molecule has 0 aromatic heterocycles. The van der Waals surface area contributed by atoms with E-state index in [0.717, 1.165) is 29.3 Å². The zero-order valence-electron chi connectivity index (χ0n) is 16.8. The lowest BCUT2D eigenvalue weighted by Gasteiger charge is -2.18. The van der Waals surface area contributed by atoms with Crippen LogP contribution in [0.2, 0.25) is 0 Å². The number of ether oxygens (including phenoxy) is 2. The van der Waals surface area contributed by atoms with Crippen LogP contribution in [0.5, 0.6) is 11.5 Å². The Kier molecular flexibility index (Phi) is 8.16. The minimum atomic E-state index is -4.66. The summed E-state index contributed by atoms with van der Waals surface area (Å²) >= 11 is 5.17. The van der Waals surface area contributed by atoms with E-state index < -0.39 is 43.2 Å². The fourth-order valence-corrected chi connectivity index (χ4v) is 2.79. The molecule has 0 unspecified atom stereocenters. The summed E-state index contributed by atoms with van der Waals surface area (Å²) in [6, 6.07) is 8.63. The van der Waals surface area contributed by atoms with Crippen molar-refractivity contribution in [1.82, 2.24) is 0 Å². The lowest BCUT2D eigenvalue weighted by Crippen LogP contribution is -2.33. The molecule has 0 atom stereocenters. The third-order valence-electron chi connectivity index (χ3n) is 3.77. The number of rotatable bonds is 8. The van der Waals surface area contributed by atoms with Gasteiger partial charge in [0.1, 0.15) is 11.5 Å². The van der Waals surface area contributed by atoms with Gasteiger partial charge in [0.2, 0.25) is 0 Å². The molecule has 2 rings (SSSR count). The first kappa shape index (κ1) is 25.5. The molecular weight excluding hydrogens is 465 g/mol. The van der Waals surface area contributed by atoms with E-state index in [1.165, 1.54) is 0 Å². The Morgan fingerprint density at radius 1 is 0.812 bits per heavy atom. The Hall–Kier alpha value is -2.76. The number of thiocarbonyl (C=S) groups is 1. The predicted molar refractivity (Wildman–Crippen MR) is 110 cm³/mol. The summed E-state index contributed by atoms with van der Waals surface area (Å²) in [5, 5.41) is 5.58. The zero-order chi connectivity index (χ0) is 24.1. The highest BCUT2D eigenvalue weighted by atomic mass is 32.1. The molecule has 0 amide bonds. The van der Waals surface area contributed by atoms with Crippen LogP contribution in [-0.4, -0.2) is 36.9 Å². The molecule has 0 saturated carbocycles. The molecule has 0 spiro atoms. The summed E-state index contributed by atoms with van der Waals surface area (Å²) in [5.41, 5.74) is 2.57. The maximum Gasteiger partial charge on any atom is 0.422 e. The van der Waals surface area contributed by atoms with Gasteiger partial charge in [0.25, 0.3) is 0 Å². The second-order valence-corrected chi connectivity index (χ2v) is 7.31. The number of benzene rings is 2. The molecule has 2 aromatic carbocycles. The van der Waals surface area contributed by atoms with Crippen LogP contribution in [0, 0.1) is 13.8 Å². The van der Waals surface area contributed by atoms with Crippen molar-refractivity contribution in [2.45, 2.75) is 32.4 Å². The second-order valence-electron chi connectivity index (χ2n) is 6.90. The van der Waals surface area contributed by atoms with Crippen LogP contribution in [0.4, 0.5) is 42.1 Å². The topological polar surface area (TPSA) is 42.5 Å². The van der Waals surface area contributed by atoms with E-state index in [-0.39, 0.29) is 10.8 Å². The number of nitrogens with one attached hydrogen (secondary N) is 2. The first-order chi connectivity index (χ1) is 14.7. The molecule has 0 aliphatic carbocycles. The fraction of sp³-hybridized carbons (Fsp3) is 0.350. The van der Waals surface area contributed by atoms with Crippen molar-refractivity contribution in [3.63, 3.8) is 0 Å². The lowest BCUT2D eigenvalue weighted by atomic mass is 10.1. The van der Waals surface area contributed by atoms with E-state index in [9.17, 15) is 30.7 Å². The molecule has 0 aliphatic heterocycles. The maximum atomic E-state index is 13.2. The Morgan fingerprint density at radius 3 is 1.75 bits per heavy atom. The van der Waals surface area contributed by atoms with Gasteiger partial charge >= 0.3 is 18.5 Å². The van der Waals surface area contributed by atoms with Crippen LogP contribution in [-0.2, 0) is 0 Å². The molecule has 2 aromatic rings. The minimum absolute atomic E-state index is 0.0295. The smallest absolute Gasteiger partial charge is 0.422 e. The first-order valence-electron chi connectivity index (χ1n) is 9.03. The molecule has 2 N–H and O–H groups in total. The van der Waals surface area contributed by atoms with Crippen LogP contribution in [0.25, 0.3) is 0 Å². The van der Waals surface area contributed by atoms with Crippen LogP contribution < -0.4 is 20.1 Å². The van der Waals surface area contributed by atoms with E-state index in [0.29, 0.717) is 5.69 Å². The Morgan fingerprint density at radius 2 is 1.28 bits per heavy atom. The standard InChI is InChI=1S/C20H19F7N2O2S/c1-11-3-12(2)5-13(4-11)28-18(32)29-14-6-15(30-9-19(23,24)17(21)22)8-16(7-14)31-10-20(25,26)27/h3-8,17H,9-10H2,1-2H3,(H2,28,29,32). The summed E-state index contributed by atoms with van der Waals surface area (Å²) in [4.78, 5) is 0. The minimum Gasteiger partial charge on any atom is -0.487 e. The van der Waals surface area contributed by atoms with E-state index >= 15 is 0 Å². The Bertz CT molecular complexity index is 932. The van der Waals surface area contributed by atoms with Crippen LogP contribution >= 0.6 is 12.2 Å². The third-order valence-corrected chi connectivity index (χ3v) is 3.97. The average molecular weight is 484 g/mol. The number of anilines is 2. The Labute approximate surface area is 184 Å². The van der Waals surface area contributed by atoms with Gasteiger partial charge in [-0.25, -0.2) is 8.78 Å². The van der Waals surface area contributed by atoms with Gasteiger partial charge in [-0.15, -0.1) is 0 Å². The van der Waals surface area contributed by atoms with E-state index in [1.54, 1.807) is 12.1 Å². The zero-order valence-corrected chi connectivity index (χ0v) is 17.6. The van der Waals surface area contributed by atoms with Crippen molar-refractivity contribution in [2.75, 3.05) is 23.8 Å². The monoisotopic (exact) mass is 484 g/mol. The van der Waals surface area contributed by atoms with Gasteiger partial charge in [0.15, 0.2) is 18.3 Å². The van der Waals surface area contributed by atoms with E-state index in [2.05, 4.69) is 20.1 Å². The largest absolute Gasteiger partial charge is 0.487 e. The molecule has 0 radical (unpaired) electrons. The maximum absolute atomic E-state index is 13.2. The molecule has 0 heterocycles. The van der Waals surface area contributed by atoms with Gasteiger partial charge in [-0.05, 0) is 49.3 Å². The summed E-state index contributed by atoms with van der Waals surface area (Å²) < 4.78 is 97.7. The fourth-order valence-electron chi connectivity index (χ4n) is 2.56. The van der Waals surface area contributed by atoms with E-state index in [1.807, 2.05) is 19.9 Å². The predicted octanol–water partition coefficient (Wildman–Crippen LogP) is 6.33. The second kappa shape index (κ2) is 10.2. The van der Waals surface area contributed by atoms with Crippen molar-refractivity contribution in [2.24, 2.45) is 0 Å². The van der Waals surface area contributed by atoms with Gasteiger partial charge in [-0.3, -0.25) is 0 Å². The first-order valence-corrected chi connectivity index (χ1v) is 9.44. The number of aryl methyl sites for hydroxylation is 2. The SMILES string of the molecule is Cc1cc(C)cc(NC(=S)Nc2cc(OCC(F)(F)F)cc(OCC(F)(F)C(F)F)c2)c1. The van der Waals surface area contributed by atoms with Crippen molar-refractivity contribution >= 4 is 28.7 Å². The van der Waals surface area contributed by atoms with Crippen molar-refractivity contribution in [3.05, 3.63) is 47.5 Å². The Balaban J connectivity index is 2.20. The highest BCUT2D eigenvalue weighted by molar-refractivity contribution is 7.80. The highest BCUT2D eigenvalue weighted by Gasteiger charge is 2.41. The normalized spacial score (nSPS) is 11.9. The molecule has 0 fully saturated rings. The highest BCUT2D eigenvalue weighted by Crippen LogP contribution is 2.30. The summed E-state index contributed by atoms with van der Waals surface area (Å²) in [5.74, 6) is -5.25. The lowest BCUT2D eigenvalue weighted by molar-refractivity contribution is -0.153. The third kappa shape index (κ3) is 8.40. The number of halogens is 7. The molecular formula is C20H19F7N2O2S. The molecule has 0 aliphatic rings. The van der Waals surface area contributed by atoms with Gasteiger partial charge in [-0.2, -0.15) is 22.0 Å². The van der Waals surface area contributed by atoms with Crippen LogP contribution in [0.1, 0.15) is 11.1 Å². The van der Waals surface area contributed by atoms with E-state index in [4.69, 9.17) is 12.2 Å². The van der Waals surface area contributed by atoms with Gasteiger partial charge in [-0.1, -0.05) is 6.07 Å². The summed E-state index contributed by atoms with van der Waals surface area (Å²) in [6.07, 6.45) is -8.63. The summed E-state index contributed by atoms with van der Waals surface area (Å²) in [6.45, 7) is 0.399. The molecule has 176 valence electrons. The van der Waals surface area contributed by atoms with Gasteiger partial charge < -0.3 is 20.1 Å². The molecule has 4 nitrogen and oxygen atoms in total. The number of hydrogen-bond acceptors (Lipinski definition) is 3. The quantitative estimate of drug-likeness (QED) is 0.339. The van der Waals surface area contributed by atoms with Gasteiger partial charge in [0, 0.05) is 29.6 Å². The molecule has 12 heteroatoms. The van der Waals surface area contributed by atoms with Crippen molar-refractivity contribution < 1.29 is 40.2 Å². The number of alkyl halides is 7. The van der Waals surface area contributed by atoms with Gasteiger partial charge in [0.05, 0.1) is 0 Å². The van der Waals surface area contributed by atoms with Crippen molar-refractivity contribution in [3.8, 4) is 11.5 Å². The molecule has 0 saturated heterocycles. The van der Waals surface area contributed by atoms with Crippen molar-refractivity contribution in [1.29, 1.82) is 0 Å².